The number of nitrogens with one attached hydrogen (secondary N) is 1. The molecule has 0 radical (unpaired) electrons. The van der Waals surface area contributed by atoms with Gasteiger partial charge >= 0.3 is 0 Å². The van der Waals surface area contributed by atoms with E-state index < -0.39 is 0 Å². The van der Waals surface area contributed by atoms with Crippen LogP contribution in [0.1, 0.15) is 30.7 Å². The van der Waals surface area contributed by atoms with Crippen LogP contribution in [0.4, 0.5) is 5.82 Å². The smallest absolute Gasteiger partial charge is 0.133 e. The Hall–Kier alpha value is -3.22. The van der Waals surface area contributed by atoms with Crippen molar-refractivity contribution >= 4 is 17.4 Å². The molecule has 2 N–H and O–H groups in total. The van der Waals surface area contributed by atoms with E-state index in [2.05, 4.69) is 28.3 Å². The van der Waals surface area contributed by atoms with E-state index in [-0.39, 0.29) is 6.61 Å². The lowest BCUT2D eigenvalue weighted by molar-refractivity contribution is 0.342. The van der Waals surface area contributed by atoms with Gasteiger partial charge in [-0.25, -0.2) is 4.68 Å². The Morgan fingerprint density at radius 1 is 1.16 bits per heavy atom. The lowest BCUT2D eigenvalue weighted by Crippen LogP contribution is -2.11. The molecule has 0 amide bonds. The summed E-state index contributed by atoms with van der Waals surface area (Å²) in [7, 11) is 0. The summed E-state index contributed by atoms with van der Waals surface area (Å²) in [5, 5.41) is 18.5. The van der Waals surface area contributed by atoms with E-state index >= 15 is 0 Å². The zero-order valence-corrected chi connectivity index (χ0v) is 19.1. The van der Waals surface area contributed by atoms with Gasteiger partial charge in [0.15, 0.2) is 0 Å². The Labute approximate surface area is 194 Å². The van der Waals surface area contributed by atoms with Crippen LogP contribution in [0.5, 0.6) is 0 Å². The van der Waals surface area contributed by atoms with E-state index in [0.717, 1.165) is 40.3 Å². The molecule has 0 aliphatic rings. The summed E-state index contributed by atoms with van der Waals surface area (Å²) in [5.74, 6) is 0.909. The first kappa shape index (κ1) is 23.4. The van der Waals surface area contributed by atoms with Crippen molar-refractivity contribution < 1.29 is 5.11 Å². The molecular formula is C25H28ClN5O. The van der Waals surface area contributed by atoms with Crippen molar-refractivity contribution in [2.75, 3.05) is 18.5 Å². The second kappa shape index (κ2) is 12.0. The maximum absolute atomic E-state index is 9.46. The number of aryl methyl sites for hydroxylation is 1. The summed E-state index contributed by atoms with van der Waals surface area (Å²) >= 11 is 6.11. The third-order valence-electron chi connectivity index (χ3n) is 4.96. The van der Waals surface area contributed by atoms with Gasteiger partial charge in [-0.15, -0.1) is 0 Å². The Balaban J connectivity index is 2.00. The van der Waals surface area contributed by atoms with Crippen LogP contribution in [0.2, 0.25) is 0 Å². The van der Waals surface area contributed by atoms with Gasteiger partial charge < -0.3 is 10.4 Å². The van der Waals surface area contributed by atoms with Gasteiger partial charge in [0.05, 0.1) is 18.0 Å². The average Bonchev–Trinajstić information content (AvgIpc) is 3.19. The SMILES string of the molecule is C\C=C(Cl)/C=C\C(=C\CO)CNc1c(Cc2cccnc2)c(CC)nn1-c1ccncc1. The highest BCUT2D eigenvalue weighted by atomic mass is 35.5. The van der Waals surface area contributed by atoms with Gasteiger partial charge in [0.2, 0.25) is 0 Å². The molecule has 3 heterocycles. The van der Waals surface area contributed by atoms with Crippen molar-refractivity contribution in [3.05, 3.63) is 101 Å². The third-order valence-corrected chi connectivity index (χ3v) is 5.30. The van der Waals surface area contributed by atoms with Gasteiger partial charge in [-0.05, 0) is 48.8 Å². The van der Waals surface area contributed by atoms with Gasteiger partial charge in [0.25, 0.3) is 0 Å². The van der Waals surface area contributed by atoms with Crippen LogP contribution in [-0.2, 0) is 12.8 Å². The quantitative estimate of drug-likeness (QED) is 0.433. The first-order valence-corrected chi connectivity index (χ1v) is 11.0. The molecule has 0 aromatic carbocycles. The fraction of sp³-hybridized carbons (Fsp3) is 0.240. The van der Waals surface area contributed by atoms with Gasteiger partial charge in [-0.1, -0.05) is 42.8 Å². The molecule has 3 aromatic rings. The first-order valence-electron chi connectivity index (χ1n) is 10.6. The maximum atomic E-state index is 9.46. The van der Waals surface area contributed by atoms with E-state index in [1.165, 1.54) is 0 Å². The number of hydrogen-bond acceptors (Lipinski definition) is 5. The van der Waals surface area contributed by atoms with Crippen LogP contribution in [0.25, 0.3) is 5.69 Å². The summed E-state index contributed by atoms with van der Waals surface area (Å²) < 4.78 is 1.92. The molecule has 0 aliphatic heterocycles. The van der Waals surface area contributed by atoms with Crippen molar-refractivity contribution in [1.29, 1.82) is 0 Å². The summed E-state index contributed by atoms with van der Waals surface area (Å²) in [4.78, 5) is 8.39. The molecule has 166 valence electrons. The minimum Gasteiger partial charge on any atom is -0.392 e. The number of aliphatic hydroxyl groups excluding tert-OH is 1. The second-order valence-electron chi connectivity index (χ2n) is 7.10. The highest BCUT2D eigenvalue weighted by Crippen LogP contribution is 2.27. The summed E-state index contributed by atoms with van der Waals surface area (Å²) in [6, 6.07) is 7.88. The standard InChI is InChI=1S/C25H28ClN5O/c1-3-21(26)8-7-19(11-15-32)18-29-25-23(16-20-6-5-12-28-17-20)24(4-2)30-31(25)22-9-13-27-14-10-22/h3,5-14,17,29,32H,4,15-16,18H2,1-2H3/b8-7-,19-11-,21-3+. The number of aromatic nitrogens is 4. The lowest BCUT2D eigenvalue weighted by atomic mass is 10.0. The minimum absolute atomic E-state index is 0.0544. The number of anilines is 1. The normalized spacial score (nSPS) is 12.5. The summed E-state index contributed by atoms with van der Waals surface area (Å²) in [6.07, 6.45) is 16.0. The molecule has 0 atom stereocenters. The van der Waals surface area contributed by atoms with Crippen molar-refractivity contribution in [2.45, 2.75) is 26.7 Å². The van der Waals surface area contributed by atoms with Crippen LogP contribution in [0, 0.1) is 0 Å². The molecule has 0 bridgehead atoms. The number of aliphatic hydroxyl groups is 1. The fourth-order valence-electron chi connectivity index (χ4n) is 3.31. The Morgan fingerprint density at radius 3 is 2.62 bits per heavy atom. The van der Waals surface area contributed by atoms with Crippen molar-refractivity contribution in [3.63, 3.8) is 0 Å². The molecule has 0 saturated carbocycles. The summed E-state index contributed by atoms with van der Waals surface area (Å²) in [6.45, 7) is 4.44. The van der Waals surface area contributed by atoms with E-state index in [1.54, 1.807) is 24.7 Å². The average molecular weight is 450 g/mol. The van der Waals surface area contributed by atoms with Crippen LogP contribution < -0.4 is 5.32 Å². The van der Waals surface area contributed by atoms with E-state index in [0.29, 0.717) is 18.0 Å². The number of halogens is 1. The second-order valence-corrected chi connectivity index (χ2v) is 7.54. The van der Waals surface area contributed by atoms with Crippen molar-refractivity contribution in [3.8, 4) is 5.69 Å². The fourth-order valence-corrected chi connectivity index (χ4v) is 3.37. The molecule has 0 aliphatic carbocycles. The van der Waals surface area contributed by atoms with Gasteiger partial charge in [-0.2, -0.15) is 5.10 Å². The first-order chi connectivity index (χ1) is 15.7. The molecular weight excluding hydrogens is 422 g/mol. The highest BCUT2D eigenvalue weighted by Gasteiger charge is 2.18. The highest BCUT2D eigenvalue weighted by molar-refractivity contribution is 6.31. The number of rotatable bonds is 10. The third kappa shape index (κ3) is 6.15. The van der Waals surface area contributed by atoms with Gasteiger partial charge in [0.1, 0.15) is 5.82 Å². The van der Waals surface area contributed by atoms with Crippen LogP contribution in [0.3, 0.4) is 0 Å². The Morgan fingerprint density at radius 2 is 1.97 bits per heavy atom. The number of hydrogen-bond donors (Lipinski definition) is 2. The largest absolute Gasteiger partial charge is 0.392 e. The summed E-state index contributed by atoms with van der Waals surface area (Å²) in [5.41, 5.74) is 5.10. The van der Waals surface area contributed by atoms with Gasteiger partial charge in [-0.3, -0.25) is 9.97 Å². The number of pyridine rings is 2. The zero-order chi connectivity index (χ0) is 22.8. The monoisotopic (exact) mass is 449 g/mol. The molecule has 32 heavy (non-hydrogen) atoms. The molecule has 0 spiro atoms. The maximum Gasteiger partial charge on any atom is 0.133 e. The molecule has 6 nitrogen and oxygen atoms in total. The molecule has 7 heteroatoms. The number of nitrogens with zero attached hydrogens (tertiary/aromatic N) is 4. The molecule has 0 unspecified atom stereocenters. The predicted octanol–water partition coefficient (Wildman–Crippen LogP) is 4.84. The molecule has 0 saturated heterocycles. The Bertz CT molecular complexity index is 1090. The van der Waals surface area contributed by atoms with E-state index in [4.69, 9.17) is 16.7 Å². The predicted molar refractivity (Wildman–Crippen MR) is 130 cm³/mol. The van der Waals surface area contributed by atoms with Crippen molar-refractivity contribution in [2.24, 2.45) is 0 Å². The van der Waals surface area contributed by atoms with Crippen molar-refractivity contribution in [1.82, 2.24) is 19.7 Å². The minimum atomic E-state index is -0.0544. The van der Waals surface area contributed by atoms with Crippen LogP contribution in [-0.4, -0.2) is 38.0 Å². The topological polar surface area (TPSA) is 75.9 Å². The molecule has 0 fully saturated rings. The van der Waals surface area contributed by atoms with Crippen LogP contribution in [0.15, 0.2) is 84.0 Å². The van der Waals surface area contributed by atoms with E-state index in [1.807, 2.05) is 54.2 Å². The van der Waals surface area contributed by atoms with Crippen LogP contribution >= 0.6 is 11.6 Å². The van der Waals surface area contributed by atoms with Gasteiger partial charge in [0, 0.05) is 48.3 Å². The zero-order valence-electron chi connectivity index (χ0n) is 18.4. The lowest BCUT2D eigenvalue weighted by Gasteiger charge is -2.13. The molecule has 3 aromatic heterocycles. The number of allylic oxidation sites excluding steroid dienone is 3. The molecule has 3 rings (SSSR count). The van der Waals surface area contributed by atoms with E-state index in [9.17, 15) is 5.11 Å². The Kier molecular flexibility index (Phi) is 8.78.